The molecule has 124 valence electrons. The van der Waals surface area contributed by atoms with E-state index in [4.69, 9.17) is 0 Å². The lowest BCUT2D eigenvalue weighted by atomic mass is 9.77. The van der Waals surface area contributed by atoms with Gasteiger partial charge in [-0.2, -0.15) is 26.3 Å². The summed E-state index contributed by atoms with van der Waals surface area (Å²) in [6, 6.07) is 0. The summed E-state index contributed by atoms with van der Waals surface area (Å²) in [6.45, 7) is 1.20. The molecule has 0 heterocycles. The van der Waals surface area contributed by atoms with Crippen LogP contribution in [0.3, 0.4) is 0 Å². The lowest BCUT2D eigenvalue weighted by molar-refractivity contribution is -0.274. The molecular formula is C12H17F6NO2. The monoisotopic (exact) mass is 321 g/mol. The molecule has 0 radical (unpaired) electrons. The average molecular weight is 321 g/mol. The fraction of sp³-hybridized carbons (Fsp3) is 0.917. The first-order valence-corrected chi connectivity index (χ1v) is 6.47. The van der Waals surface area contributed by atoms with Crippen LogP contribution in [-0.2, 0) is 4.79 Å². The molecule has 0 spiro atoms. The highest BCUT2D eigenvalue weighted by atomic mass is 19.4. The van der Waals surface area contributed by atoms with Crippen molar-refractivity contribution in [2.24, 2.45) is 11.8 Å². The largest absolute Gasteiger partial charge is 0.409 e. The van der Waals surface area contributed by atoms with Gasteiger partial charge in [-0.25, -0.2) is 0 Å². The Hall–Kier alpha value is -0.990. The molecule has 0 aromatic rings. The highest BCUT2D eigenvalue weighted by Crippen LogP contribution is 2.40. The summed E-state index contributed by atoms with van der Waals surface area (Å²) in [4.78, 5) is 11.5. The number of hydrogen-bond donors (Lipinski definition) is 2. The van der Waals surface area contributed by atoms with Gasteiger partial charge in [-0.05, 0) is 31.6 Å². The second-order valence-corrected chi connectivity index (χ2v) is 5.63. The van der Waals surface area contributed by atoms with Gasteiger partial charge in [0.05, 0.1) is 12.1 Å². The topological polar surface area (TPSA) is 49.3 Å². The number of carbonyl (C=O) groups is 1. The van der Waals surface area contributed by atoms with E-state index in [1.807, 2.05) is 6.92 Å². The zero-order valence-corrected chi connectivity index (χ0v) is 11.3. The molecule has 21 heavy (non-hydrogen) atoms. The van der Waals surface area contributed by atoms with Crippen LogP contribution in [0.1, 0.15) is 32.6 Å². The molecule has 2 N–H and O–H groups in total. The highest BCUT2D eigenvalue weighted by Gasteiger charge is 2.61. The van der Waals surface area contributed by atoms with Crippen LogP contribution in [0.4, 0.5) is 26.3 Å². The molecule has 0 aromatic carbocycles. The van der Waals surface area contributed by atoms with Gasteiger partial charge in [0, 0.05) is 0 Å². The Labute approximate surface area is 117 Å². The number of amides is 1. The summed E-state index contributed by atoms with van der Waals surface area (Å²) in [5.41, 5.74) is -1.40. The maximum absolute atomic E-state index is 12.5. The van der Waals surface area contributed by atoms with Gasteiger partial charge in [0.15, 0.2) is 0 Å². The maximum Gasteiger partial charge on any atom is 0.409 e. The van der Waals surface area contributed by atoms with Gasteiger partial charge in [-0.1, -0.05) is 6.92 Å². The number of aliphatic hydroxyl groups excluding tert-OH is 1. The van der Waals surface area contributed by atoms with Gasteiger partial charge in [0.1, 0.15) is 0 Å². The van der Waals surface area contributed by atoms with Crippen LogP contribution >= 0.6 is 0 Å². The van der Waals surface area contributed by atoms with Crippen molar-refractivity contribution in [3.05, 3.63) is 0 Å². The molecular weight excluding hydrogens is 304 g/mol. The second-order valence-electron chi connectivity index (χ2n) is 5.63. The number of alkyl halides is 6. The minimum absolute atomic E-state index is 0.152. The van der Waals surface area contributed by atoms with Crippen LogP contribution in [0.25, 0.3) is 0 Å². The van der Waals surface area contributed by atoms with E-state index in [0.717, 1.165) is 0 Å². The molecule has 1 amide bonds. The fourth-order valence-corrected chi connectivity index (χ4v) is 2.45. The molecule has 3 nitrogen and oxygen atoms in total. The molecule has 0 aliphatic heterocycles. The fourth-order valence-electron chi connectivity index (χ4n) is 2.45. The zero-order chi connectivity index (χ0) is 16.5. The summed E-state index contributed by atoms with van der Waals surface area (Å²) in [5.74, 6) is -5.98. The number of carbonyl (C=O) groups excluding carboxylic acids is 1. The molecule has 1 aliphatic rings. The number of hydrogen-bond acceptors (Lipinski definition) is 2. The Morgan fingerprint density at radius 3 is 1.95 bits per heavy atom. The molecule has 9 heteroatoms. The molecule has 0 unspecified atom stereocenters. The van der Waals surface area contributed by atoms with Gasteiger partial charge < -0.3 is 10.4 Å². The summed E-state index contributed by atoms with van der Waals surface area (Å²) >= 11 is 0. The number of aliphatic hydroxyl groups is 1. The predicted octanol–water partition coefficient (Wildman–Crippen LogP) is 2.78. The van der Waals surface area contributed by atoms with E-state index >= 15 is 0 Å². The van der Waals surface area contributed by atoms with E-state index in [1.165, 1.54) is 0 Å². The molecule has 0 bridgehead atoms. The summed E-state index contributed by atoms with van der Waals surface area (Å²) in [5, 5.41) is 11.1. The normalized spacial score (nSPS) is 27.8. The van der Waals surface area contributed by atoms with Crippen LogP contribution in [0.5, 0.6) is 0 Å². The first-order valence-electron chi connectivity index (χ1n) is 6.47. The molecule has 0 atom stereocenters. The highest BCUT2D eigenvalue weighted by molar-refractivity contribution is 5.81. The van der Waals surface area contributed by atoms with Crippen molar-refractivity contribution in [3.8, 4) is 0 Å². The van der Waals surface area contributed by atoms with E-state index in [-0.39, 0.29) is 18.8 Å². The molecule has 1 aliphatic carbocycles. The van der Waals surface area contributed by atoms with Crippen LogP contribution in [0.2, 0.25) is 0 Å². The van der Waals surface area contributed by atoms with Crippen molar-refractivity contribution >= 4 is 5.91 Å². The van der Waals surface area contributed by atoms with Crippen molar-refractivity contribution in [1.29, 1.82) is 0 Å². The van der Waals surface area contributed by atoms with E-state index in [9.17, 15) is 36.2 Å². The van der Waals surface area contributed by atoms with Crippen molar-refractivity contribution in [2.75, 3.05) is 6.61 Å². The van der Waals surface area contributed by atoms with Crippen LogP contribution < -0.4 is 5.32 Å². The first kappa shape index (κ1) is 18.1. The van der Waals surface area contributed by atoms with Gasteiger partial charge >= 0.3 is 12.4 Å². The lowest BCUT2D eigenvalue weighted by Crippen LogP contribution is -2.58. The van der Waals surface area contributed by atoms with Gasteiger partial charge in [-0.3, -0.25) is 4.79 Å². The smallest absolute Gasteiger partial charge is 0.394 e. The molecule has 0 aromatic heterocycles. The van der Waals surface area contributed by atoms with Gasteiger partial charge in [0.2, 0.25) is 11.8 Å². The Bertz CT molecular complexity index is 357. The van der Waals surface area contributed by atoms with Crippen molar-refractivity contribution < 1.29 is 36.2 Å². The van der Waals surface area contributed by atoms with Crippen LogP contribution in [0.15, 0.2) is 0 Å². The second kappa shape index (κ2) is 6.02. The number of nitrogens with one attached hydrogen (secondary N) is 1. The maximum atomic E-state index is 12.5. The van der Waals surface area contributed by atoms with E-state index in [2.05, 4.69) is 0 Å². The van der Waals surface area contributed by atoms with E-state index in [0.29, 0.717) is 12.8 Å². The third kappa shape index (κ3) is 4.49. The zero-order valence-electron chi connectivity index (χ0n) is 11.3. The Balaban J connectivity index is 2.90. The van der Waals surface area contributed by atoms with E-state index in [1.54, 1.807) is 5.32 Å². The quantitative estimate of drug-likeness (QED) is 0.785. The third-order valence-electron chi connectivity index (χ3n) is 3.84. The van der Waals surface area contributed by atoms with Crippen LogP contribution in [0, 0.1) is 11.8 Å². The molecule has 1 saturated carbocycles. The lowest BCUT2D eigenvalue weighted by Gasteiger charge is -2.39. The van der Waals surface area contributed by atoms with Gasteiger partial charge in [-0.15, -0.1) is 0 Å². The minimum Gasteiger partial charge on any atom is -0.394 e. The Kier molecular flexibility index (Phi) is 5.18. The number of rotatable bonds is 3. The molecule has 1 rings (SSSR count). The number of halogens is 6. The standard InChI is InChI=1S/C12H17F6NO2/c1-7-2-4-10(6-20,5-3-7)19-9(21)8(11(13,14)15)12(16,17)18/h7-8,20H,2-6H2,1H3,(H,19,21). The van der Waals surface area contributed by atoms with E-state index < -0.39 is 36.3 Å². The predicted molar refractivity (Wildman–Crippen MR) is 61.2 cm³/mol. The third-order valence-corrected chi connectivity index (χ3v) is 3.84. The van der Waals surface area contributed by atoms with Gasteiger partial charge in [0.25, 0.3) is 0 Å². The average Bonchev–Trinajstić information content (AvgIpc) is 2.28. The SMILES string of the molecule is CC1CCC(CO)(NC(=O)C(C(F)(F)F)C(F)(F)F)CC1. The molecule has 1 fully saturated rings. The first-order chi connectivity index (χ1) is 9.41. The van der Waals surface area contributed by atoms with Crippen molar-refractivity contribution in [2.45, 2.75) is 50.5 Å². The van der Waals surface area contributed by atoms with Crippen molar-refractivity contribution in [3.63, 3.8) is 0 Å². The molecule has 0 saturated heterocycles. The minimum atomic E-state index is -5.72. The Morgan fingerprint density at radius 1 is 1.19 bits per heavy atom. The van der Waals surface area contributed by atoms with Crippen LogP contribution in [-0.4, -0.2) is 35.5 Å². The summed E-state index contributed by atoms with van der Waals surface area (Å²) < 4.78 is 74.8. The Morgan fingerprint density at radius 2 is 1.62 bits per heavy atom. The summed E-state index contributed by atoms with van der Waals surface area (Å²) in [7, 11) is 0. The van der Waals surface area contributed by atoms with Crippen molar-refractivity contribution in [1.82, 2.24) is 5.32 Å². The summed E-state index contributed by atoms with van der Waals surface area (Å²) in [6.07, 6.45) is -10.1.